The largest absolute Gasteiger partial charge is 0.328 e. The number of rotatable bonds is 3. The van der Waals surface area contributed by atoms with E-state index in [1.165, 1.54) is 4.57 Å². The minimum Gasteiger partial charge on any atom is -0.298 e. The van der Waals surface area contributed by atoms with Gasteiger partial charge in [-0.1, -0.05) is 5.21 Å². The molecule has 7 heteroatoms. The minimum atomic E-state index is -0.391. The monoisotopic (exact) mass is 249 g/mol. The third-order valence-corrected chi connectivity index (χ3v) is 2.62. The van der Waals surface area contributed by atoms with E-state index in [2.05, 4.69) is 15.3 Å². The van der Waals surface area contributed by atoms with Crippen LogP contribution >= 0.6 is 0 Å². The van der Waals surface area contributed by atoms with Gasteiger partial charge in [0.05, 0.1) is 5.69 Å². The topological polar surface area (TPSA) is 85.6 Å². The van der Waals surface area contributed by atoms with E-state index in [4.69, 9.17) is 0 Å². The molecule has 2 heterocycles. The van der Waals surface area contributed by atoms with E-state index in [-0.39, 0.29) is 11.6 Å². The summed E-state index contributed by atoms with van der Waals surface area (Å²) >= 11 is 0. The number of aryl methyl sites for hydroxylation is 1. The number of aromatic amines is 1. The molecule has 0 saturated heterocycles. The zero-order valence-electron chi connectivity index (χ0n) is 10.5. The Kier molecular flexibility index (Phi) is 3.14. The van der Waals surface area contributed by atoms with Crippen LogP contribution in [0.1, 0.15) is 31.1 Å². The van der Waals surface area contributed by atoms with E-state index in [1.807, 2.05) is 13.8 Å². The molecule has 2 rings (SSSR count). The van der Waals surface area contributed by atoms with Crippen molar-refractivity contribution in [3.05, 3.63) is 44.5 Å². The molecular formula is C11H15N5O2. The molecule has 0 amide bonds. The first-order chi connectivity index (χ1) is 8.47. The molecule has 0 aliphatic rings. The zero-order valence-corrected chi connectivity index (χ0v) is 10.5. The normalized spacial score (nSPS) is 11.1. The van der Waals surface area contributed by atoms with Gasteiger partial charge in [-0.15, -0.1) is 5.10 Å². The molecule has 1 N–H and O–H groups in total. The van der Waals surface area contributed by atoms with Crippen molar-refractivity contribution < 1.29 is 0 Å². The SMILES string of the molecule is CC(C)n1cc(Cc2cn(C)nn2)c(=O)[nH]c1=O. The van der Waals surface area contributed by atoms with Gasteiger partial charge in [0, 0.05) is 37.5 Å². The molecule has 0 unspecified atom stereocenters. The predicted octanol–water partition coefficient (Wildman–Crippen LogP) is -0.163. The van der Waals surface area contributed by atoms with Crippen LogP contribution in [0.4, 0.5) is 0 Å². The summed E-state index contributed by atoms with van der Waals surface area (Å²) < 4.78 is 3.06. The van der Waals surface area contributed by atoms with Crippen molar-refractivity contribution in [3.63, 3.8) is 0 Å². The Morgan fingerprint density at radius 3 is 2.61 bits per heavy atom. The van der Waals surface area contributed by atoms with E-state index >= 15 is 0 Å². The predicted molar refractivity (Wildman–Crippen MR) is 65.5 cm³/mol. The molecule has 0 aromatic carbocycles. The summed E-state index contributed by atoms with van der Waals surface area (Å²) in [5.41, 5.74) is 0.432. The smallest absolute Gasteiger partial charge is 0.298 e. The molecule has 96 valence electrons. The Morgan fingerprint density at radius 2 is 2.06 bits per heavy atom. The van der Waals surface area contributed by atoms with Crippen LogP contribution in [0.3, 0.4) is 0 Å². The van der Waals surface area contributed by atoms with Gasteiger partial charge in [-0.25, -0.2) is 4.79 Å². The van der Waals surface area contributed by atoms with Crippen LogP contribution in [0.25, 0.3) is 0 Å². The summed E-state index contributed by atoms with van der Waals surface area (Å²) in [4.78, 5) is 25.6. The van der Waals surface area contributed by atoms with Gasteiger partial charge in [0.2, 0.25) is 0 Å². The first kappa shape index (κ1) is 12.3. The fraction of sp³-hybridized carbons (Fsp3) is 0.455. The first-order valence-electron chi connectivity index (χ1n) is 5.67. The Morgan fingerprint density at radius 1 is 1.33 bits per heavy atom. The molecule has 0 atom stereocenters. The highest BCUT2D eigenvalue weighted by atomic mass is 16.2. The van der Waals surface area contributed by atoms with Crippen molar-refractivity contribution in [2.45, 2.75) is 26.3 Å². The van der Waals surface area contributed by atoms with Gasteiger partial charge in [-0.2, -0.15) is 0 Å². The number of H-pyrrole nitrogens is 1. The Bertz CT molecular complexity index is 665. The fourth-order valence-corrected chi connectivity index (χ4v) is 1.71. The Hall–Kier alpha value is -2.18. The molecule has 0 spiro atoms. The average Bonchev–Trinajstić information content (AvgIpc) is 2.67. The van der Waals surface area contributed by atoms with E-state index in [1.54, 1.807) is 24.1 Å². The molecule has 0 bridgehead atoms. The number of hydrogen-bond donors (Lipinski definition) is 1. The van der Waals surface area contributed by atoms with Gasteiger partial charge in [0.15, 0.2) is 0 Å². The second-order valence-electron chi connectivity index (χ2n) is 4.47. The van der Waals surface area contributed by atoms with Gasteiger partial charge >= 0.3 is 5.69 Å². The summed E-state index contributed by atoms with van der Waals surface area (Å²) in [5.74, 6) is 0. The van der Waals surface area contributed by atoms with Crippen molar-refractivity contribution >= 4 is 0 Å². The average molecular weight is 249 g/mol. The minimum absolute atomic E-state index is 0.00467. The summed E-state index contributed by atoms with van der Waals surface area (Å²) in [6.07, 6.45) is 3.68. The van der Waals surface area contributed by atoms with Gasteiger partial charge in [-0.3, -0.25) is 19.0 Å². The fourth-order valence-electron chi connectivity index (χ4n) is 1.71. The van der Waals surface area contributed by atoms with Gasteiger partial charge in [0.25, 0.3) is 5.56 Å². The van der Waals surface area contributed by atoms with Gasteiger partial charge < -0.3 is 0 Å². The van der Waals surface area contributed by atoms with Crippen LogP contribution in [0.5, 0.6) is 0 Å². The van der Waals surface area contributed by atoms with Crippen molar-refractivity contribution in [2.75, 3.05) is 0 Å². The highest BCUT2D eigenvalue weighted by Gasteiger charge is 2.09. The molecular weight excluding hydrogens is 234 g/mol. The molecule has 0 radical (unpaired) electrons. The van der Waals surface area contributed by atoms with Crippen molar-refractivity contribution in [3.8, 4) is 0 Å². The molecule has 7 nitrogen and oxygen atoms in total. The van der Waals surface area contributed by atoms with Crippen LogP contribution in [0.2, 0.25) is 0 Å². The molecule has 2 aromatic rings. The van der Waals surface area contributed by atoms with Crippen molar-refractivity contribution in [1.29, 1.82) is 0 Å². The standard InChI is InChI=1S/C11H15N5O2/c1-7(2)16-5-8(10(17)12-11(16)18)4-9-6-15(3)14-13-9/h5-7H,4H2,1-3H3,(H,12,17,18). The summed E-state index contributed by atoms with van der Waals surface area (Å²) in [5, 5.41) is 7.73. The van der Waals surface area contributed by atoms with Crippen LogP contribution in [0.15, 0.2) is 22.0 Å². The van der Waals surface area contributed by atoms with Crippen LogP contribution in [0, 0.1) is 0 Å². The summed E-state index contributed by atoms with van der Waals surface area (Å²) in [6.45, 7) is 3.76. The first-order valence-corrected chi connectivity index (χ1v) is 5.67. The van der Waals surface area contributed by atoms with E-state index < -0.39 is 5.69 Å². The van der Waals surface area contributed by atoms with Gasteiger partial charge in [0.1, 0.15) is 0 Å². The maximum atomic E-state index is 11.7. The molecule has 0 aliphatic heterocycles. The second-order valence-corrected chi connectivity index (χ2v) is 4.47. The molecule has 0 saturated carbocycles. The lowest BCUT2D eigenvalue weighted by Gasteiger charge is -2.09. The molecule has 0 fully saturated rings. The number of aromatic nitrogens is 5. The highest BCUT2D eigenvalue weighted by molar-refractivity contribution is 5.13. The van der Waals surface area contributed by atoms with Crippen LogP contribution in [-0.2, 0) is 13.5 Å². The third kappa shape index (κ3) is 2.39. The molecule has 0 aliphatic carbocycles. The molecule has 2 aromatic heterocycles. The third-order valence-electron chi connectivity index (χ3n) is 2.62. The van der Waals surface area contributed by atoms with E-state index in [9.17, 15) is 9.59 Å². The maximum absolute atomic E-state index is 11.7. The van der Waals surface area contributed by atoms with Crippen molar-refractivity contribution in [1.82, 2.24) is 24.5 Å². The summed E-state index contributed by atoms with van der Waals surface area (Å²) in [6, 6.07) is -0.00467. The molecule has 18 heavy (non-hydrogen) atoms. The quantitative estimate of drug-likeness (QED) is 0.818. The number of hydrogen-bond acceptors (Lipinski definition) is 4. The second kappa shape index (κ2) is 4.59. The van der Waals surface area contributed by atoms with E-state index in [0.29, 0.717) is 17.7 Å². The van der Waals surface area contributed by atoms with Crippen molar-refractivity contribution in [2.24, 2.45) is 7.05 Å². The van der Waals surface area contributed by atoms with Crippen LogP contribution in [-0.4, -0.2) is 24.5 Å². The lowest BCUT2D eigenvalue weighted by Crippen LogP contribution is -2.32. The van der Waals surface area contributed by atoms with Gasteiger partial charge in [-0.05, 0) is 13.8 Å². The number of nitrogens with zero attached hydrogens (tertiary/aromatic N) is 4. The highest BCUT2D eigenvalue weighted by Crippen LogP contribution is 2.03. The lowest BCUT2D eigenvalue weighted by atomic mass is 10.2. The van der Waals surface area contributed by atoms with Crippen LogP contribution < -0.4 is 11.2 Å². The maximum Gasteiger partial charge on any atom is 0.328 e. The van der Waals surface area contributed by atoms with E-state index in [0.717, 1.165) is 0 Å². The zero-order chi connectivity index (χ0) is 13.3. The number of nitrogens with one attached hydrogen (secondary N) is 1. The lowest BCUT2D eigenvalue weighted by molar-refractivity contribution is 0.556. The Balaban J connectivity index is 2.42. The Labute approximate surface area is 103 Å². The summed E-state index contributed by atoms with van der Waals surface area (Å²) in [7, 11) is 1.76.